The summed E-state index contributed by atoms with van der Waals surface area (Å²) >= 11 is 3.35. The highest BCUT2D eigenvalue weighted by molar-refractivity contribution is 9.10. The molecule has 0 atom stereocenters. The Labute approximate surface area is 91.2 Å². The van der Waals surface area contributed by atoms with Gasteiger partial charge in [-0.1, -0.05) is 46.3 Å². The third-order valence-corrected chi connectivity index (χ3v) is 2.45. The van der Waals surface area contributed by atoms with Crippen LogP contribution < -0.4 is 0 Å². The maximum atomic E-state index is 9.43. The molecule has 2 heteroatoms. The molecule has 0 aliphatic heterocycles. The molecule has 0 aliphatic rings. The van der Waals surface area contributed by atoms with Gasteiger partial charge in [0.05, 0.1) is 0 Å². The summed E-state index contributed by atoms with van der Waals surface area (Å²) in [5.74, 6) is 0.276. The molecule has 0 bridgehead atoms. The normalized spacial score (nSPS) is 10.1. The second-order valence-electron chi connectivity index (χ2n) is 3.06. The molecule has 2 rings (SSSR count). The van der Waals surface area contributed by atoms with Crippen LogP contribution in [-0.4, -0.2) is 5.11 Å². The highest BCUT2D eigenvalue weighted by Crippen LogP contribution is 2.27. The van der Waals surface area contributed by atoms with Crippen LogP contribution >= 0.6 is 15.9 Å². The van der Waals surface area contributed by atoms with Gasteiger partial charge in [0.25, 0.3) is 0 Å². The molecule has 0 unspecified atom stereocenters. The van der Waals surface area contributed by atoms with E-state index >= 15 is 0 Å². The molecule has 2 aromatic carbocycles. The fraction of sp³-hybridized carbons (Fsp3) is 0. The Hall–Kier alpha value is -1.28. The monoisotopic (exact) mass is 248 g/mol. The maximum absolute atomic E-state index is 9.43. The molecule has 1 N–H and O–H groups in total. The van der Waals surface area contributed by atoms with Gasteiger partial charge in [-0.2, -0.15) is 0 Å². The molecule has 14 heavy (non-hydrogen) atoms. The minimum Gasteiger partial charge on any atom is -0.508 e. The summed E-state index contributed by atoms with van der Waals surface area (Å²) in [6.07, 6.45) is 0. The molecular weight excluding hydrogens is 240 g/mol. The first-order valence-electron chi connectivity index (χ1n) is 4.31. The third-order valence-electron chi connectivity index (χ3n) is 1.99. The highest BCUT2D eigenvalue weighted by atomic mass is 79.9. The quantitative estimate of drug-likeness (QED) is 0.814. The van der Waals surface area contributed by atoms with Crippen LogP contribution in [0.2, 0.25) is 0 Å². The van der Waals surface area contributed by atoms with Gasteiger partial charge in [-0.05, 0) is 29.3 Å². The van der Waals surface area contributed by atoms with Crippen LogP contribution in [0.25, 0.3) is 11.1 Å². The topological polar surface area (TPSA) is 20.2 Å². The molecule has 0 fully saturated rings. The van der Waals surface area contributed by atoms with E-state index in [0.29, 0.717) is 0 Å². The zero-order chi connectivity index (χ0) is 9.97. The molecule has 0 radical (unpaired) electrons. The number of aromatic hydroxyl groups is 1. The summed E-state index contributed by atoms with van der Waals surface area (Å²) < 4.78 is 0.886. The van der Waals surface area contributed by atoms with E-state index in [0.717, 1.165) is 15.6 Å². The predicted octanol–water partition coefficient (Wildman–Crippen LogP) is 3.82. The predicted molar refractivity (Wildman–Crippen MR) is 61.2 cm³/mol. The van der Waals surface area contributed by atoms with E-state index in [9.17, 15) is 5.11 Å². The lowest BCUT2D eigenvalue weighted by molar-refractivity contribution is 0.475. The van der Waals surface area contributed by atoms with Gasteiger partial charge < -0.3 is 5.11 Å². The summed E-state index contributed by atoms with van der Waals surface area (Å²) in [7, 11) is 0. The van der Waals surface area contributed by atoms with Crippen molar-refractivity contribution in [2.75, 3.05) is 0 Å². The molecule has 0 aliphatic carbocycles. The van der Waals surface area contributed by atoms with Crippen molar-refractivity contribution in [2.45, 2.75) is 0 Å². The number of phenolic OH excluding ortho intramolecular Hbond substituents is 1. The van der Waals surface area contributed by atoms with E-state index in [1.807, 2.05) is 36.4 Å². The van der Waals surface area contributed by atoms with Gasteiger partial charge >= 0.3 is 0 Å². The van der Waals surface area contributed by atoms with Crippen molar-refractivity contribution in [3.8, 4) is 16.9 Å². The molecule has 0 heterocycles. The number of hydrogen-bond donors (Lipinski definition) is 1. The van der Waals surface area contributed by atoms with Crippen LogP contribution in [0.15, 0.2) is 53.0 Å². The van der Waals surface area contributed by atoms with Crippen LogP contribution in [0, 0.1) is 0 Å². The summed E-state index contributed by atoms with van der Waals surface area (Å²) in [6, 6.07) is 15.4. The van der Waals surface area contributed by atoms with Crippen molar-refractivity contribution in [3.63, 3.8) is 0 Å². The molecule has 0 saturated carbocycles. The number of halogens is 1. The van der Waals surface area contributed by atoms with Gasteiger partial charge in [0.15, 0.2) is 0 Å². The van der Waals surface area contributed by atoms with Gasteiger partial charge in [-0.3, -0.25) is 0 Å². The van der Waals surface area contributed by atoms with Crippen LogP contribution in [-0.2, 0) is 0 Å². The lowest BCUT2D eigenvalue weighted by Gasteiger charge is -2.02. The van der Waals surface area contributed by atoms with Gasteiger partial charge in [0.1, 0.15) is 5.75 Å². The smallest absolute Gasteiger partial charge is 0.117 e. The number of phenols is 1. The molecule has 0 amide bonds. The Kier molecular flexibility index (Phi) is 2.55. The van der Waals surface area contributed by atoms with E-state index in [-0.39, 0.29) is 5.75 Å². The van der Waals surface area contributed by atoms with Crippen LogP contribution in [0.5, 0.6) is 5.75 Å². The minimum atomic E-state index is 0.276. The molecule has 2 aromatic rings. The van der Waals surface area contributed by atoms with E-state index in [1.54, 1.807) is 12.1 Å². The molecule has 0 spiro atoms. The van der Waals surface area contributed by atoms with Crippen molar-refractivity contribution in [1.29, 1.82) is 0 Å². The summed E-state index contributed by atoms with van der Waals surface area (Å²) in [6.45, 7) is 0. The molecule has 0 aromatic heterocycles. The van der Waals surface area contributed by atoms with Crippen molar-refractivity contribution in [3.05, 3.63) is 53.0 Å². The van der Waals surface area contributed by atoms with E-state index in [1.165, 1.54) is 0 Å². The van der Waals surface area contributed by atoms with Crippen LogP contribution in [0.1, 0.15) is 0 Å². The van der Waals surface area contributed by atoms with Gasteiger partial charge in [-0.25, -0.2) is 0 Å². The number of benzene rings is 2. The Balaban J connectivity index is 2.52. The van der Waals surface area contributed by atoms with Crippen LogP contribution in [0.4, 0.5) is 0 Å². The highest BCUT2D eigenvalue weighted by Gasteiger charge is 1.99. The Morgan fingerprint density at radius 1 is 0.857 bits per heavy atom. The second kappa shape index (κ2) is 3.84. The maximum Gasteiger partial charge on any atom is 0.117 e. The summed E-state index contributed by atoms with van der Waals surface area (Å²) in [5, 5.41) is 9.43. The lowest BCUT2D eigenvalue weighted by atomic mass is 10.1. The Bertz CT molecular complexity index is 417. The minimum absolute atomic E-state index is 0.276. The van der Waals surface area contributed by atoms with Crippen molar-refractivity contribution < 1.29 is 5.11 Å². The Morgan fingerprint density at radius 2 is 1.57 bits per heavy atom. The number of hydrogen-bond acceptors (Lipinski definition) is 1. The van der Waals surface area contributed by atoms with Crippen LogP contribution in [0.3, 0.4) is 0 Å². The fourth-order valence-electron chi connectivity index (χ4n) is 1.37. The largest absolute Gasteiger partial charge is 0.508 e. The number of rotatable bonds is 1. The summed E-state index contributed by atoms with van der Waals surface area (Å²) in [5.41, 5.74) is 2.11. The zero-order valence-electron chi connectivity index (χ0n) is 7.44. The van der Waals surface area contributed by atoms with Crippen molar-refractivity contribution >= 4 is 15.9 Å². The first-order valence-corrected chi connectivity index (χ1v) is 5.10. The second-order valence-corrected chi connectivity index (χ2v) is 3.98. The van der Waals surface area contributed by atoms with Gasteiger partial charge in [0, 0.05) is 4.47 Å². The first-order chi connectivity index (χ1) is 6.75. The van der Waals surface area contributed by atoms with E-state index in [2.05, 4.69) is 15.9 Å². The van der Waals surface area contributed by atoms with Crippen molar-refractivity contribution in [2.24, 2.45) is 0 Å². The first kappa shape index (κ1) is 9.28. The fourth-order valence-corrected chi connectivity index (χ4v) is 1.85. The molecular formula is C12H9BrO. The molecule has 70 valence electrons. The average Bonchev–Trinajstić information content (AvgIpc) is 2.18. The average molecular weight is 249 g/mol. The molecule has 0 saturated heterocycles. The van der Waals surface area contributed by atoms with E-state index < -0.39 is 0 Å². The standard InChI is InChI=1S/C12H9BrO/c13-11-6-10(7-12(14)8-11)9-4-2-1-3-5-9/h1-8,14H. The SMILES string of the molecule is Oc1cc(Br)cc(-c2ccccc2)c1. The van der Waals surface area contributed by atoms with Gasteiger partial charge in [0.2, 0.25) is 0 Å². The molecule has 1 nitrogen and oxygen atoms in total. The van der Waals surface area contributed by atoms with E-state index in [4.69, 9.17) is 0 Å². The third kappa shape index (κ3) is 1.96. The van der Waals surface area contributed by atoms with Gasteiger partial charge in [-0.15, -0.1) is 0 Å². The van der Waals surface area contributed by atoms with Crippen molar-refractivity contribution in [1.82, 2.24) is 0 Å². The zero-order valence-corrected chi connectivity index (χ0v) is 9.03. The lowest BCUT2D eigenvalue weighted by Crippen LogP contribution is -1.77. The Morgan fingerprint density at radius 3 is 2.21 bits per heavy atom. The summed E-state index contributed by atoms with van der Waals surface area (Å²) in [4.78, 5) is 0.